The predicted octanol–water partition coefficient (Wildman–Crippen LogP) is 2.02. The molecule has 0 aliphatic rings. The number of carbonyl (C=O) groups is 4. The van der Waals surface area contributed by atoms with E-state index in [1.54, 1.807) is 31.2 Å². The maximum Gasteiger partial charge on any atom is 0.274 e. The van der Waals surface area contributed by atoms with E-state index < -0.39 is 35.9 Å². The molecule has 4 N–H and O–H groups in total. The summed E-state index contributed by atoms with van der Waals surface area (Å²) < 4.78 is 4.90. The minimum absolute atomic E-state index is 0.0351. The highest BCUT2D eigenvalue weighted by molar-refractivity contribution is 5.97. The monoisotopic (exact) mass is 520 g/mol. The number of hydrogen-bond acceptors (Lipinski definition) is 7. The minimum atomic E-state index is -1.33. The number of aliphatic hydroxyl groups is 1. The fraction of sp³-hybridized carbons (Fsp3) is 0.321. The van der Waals surface area contributed by atoms with Crippen molar-refractivity contribution in [1.29, 1.82) is 0 Å². The zero-order valence-corrected chi connectivity index (χ0v) is 21.6. The maximum atomic E-state index is 13.1. The largest absolute Gasteiger partial charge is 0.391 e. The number of nitrogens with zero attached hydrogens (tertiary/aromatic N) is 1. The first-order valence-electron chi connectivity index (χ1n) is 12.3. The van der Waals surface area contributed by atoms with Crippen LogP contribution in [0.2, 0.25) is 0 Å². The molecule has 0 aliphatic heterocycles. The lowest BCUT2D eigenvalue weighted by atomic mass is 10.0. The molecule has 38 heavy (non-hydrogen) atoms. The standard InChI is InChI=1S/C28H32N4O6/c1-17-4-6-21(7-5-17)15-29-26(35)23(13-12-20-8-10-22(16-33)11-9-20)30-28(37)25(19(3)34)31-27(36)24-14-18(2)38-32-24/h4-11,14,16,19,23,25,34H,12-13,15H2,1-3H3,(H,29,35)(H,30,37)(H,31,36). The Labute approximate surface area is 220 Å². The van der Waals surface area contributed by atoms with Crippen LogP contribution >= 0.6 is 0 Å². The number of carbonyl (C=O) groups excluding carboxylic acids is 4. The highest BCUT2D eigenvalue weighted by atomic mass is 16.5. The van der Waals surface area contributed by atoms with Gasteiger partial charge < -0.3 is 25.6 Å². The first kappa shape index (κ1) is 28.3. The lowest BCUT2D eigenvalue weighted by molar-refractivity contribution is -0.131. The van der Waals surface area contributed by atoms with Crippen molar-refractivity contribution in [1.82, 2.24) is 21.1 Å². The number of hydrogen-bond donors (Lipinski definition) is 4. The summed E-state index contributed by atoms with van der Waals surface area (Å²) in [4.78, 5) is 49.7. The summed E-state index contributed by atoms with van der Waals surface area (Å²) in [5.41, 5.74) is 3.37. The molecule has 0 radical (unpaired) electrons. The highest BCUT2D eigenvalue weighted by Crippen LogP contribution is 2.10. The Kier molecular flexibility index (Phi) is 9.89. The van der Waals surface area contributed by atoms with E-state index in [4.69, 9.17) is 4.52 Å². The number of aryl methyl sites for hydroxylation is 3. The maximum absolute atomic E-state index is 13.1. The molecule has 10 heteroatoms. The van der Waals surface area contributed by atoms with Gasteiger partial charge in [0.25, 0.3) is 5.91 Å². The number of aromatic nitrogens is 1. The summed E-state index contributed by atoms with van der Waals surface area (Å²) in [6.45, 7) is 5.22. The van der Waals surface area contributed by atoms with Crippen molar-refractivity contribution >= 4 is 24.0 Å². The fourth-order valence-corrected chi connectivity index (χ4v) is 3.72. The zero-order valence-electron chi connectivity index (χ0n) is 21.6. The number of amides is 3. The van der Waals surface area contributed by atoms with Gasteiger partial charge in [0.2, 0.25) is 11.8 Å². The molecular weight excluding hydrogens is 488 g/mol. The van der Waals surface area contributed by atoms with Gasteiger partial charge in [-0.1, -0.05) is 59.3 Å². The van der Waals surface area contributed by atoms with E-state index in [1.807, 2.05) is 31.2 Å². The molecule has 1 heterocycles. The van der Waals surface area contributed by atoms with Crippen LogP contribution in [0.3, 0.4) is 0 Å². The van der Waals surface area contributed by atoms with Gasteiger partial charge in [-0.15, -0.1) is 0 Å². The molecule has 3 amide bonds. The first-order chi connectivity index (χ1) is 18.2. The van der Waals surface area contributed by atoms with Crippen LogP contribution in [0.25, 0.3) is 0 Å². The average molecular weight is 521 g/mol. The Morgan fingerprint density at radius 2 is 1.63 bits per heavy atom. The smallest absolute Gasteiger partial charge is 0.274 e. The molecule has 3 atom stereocenters. The van der Waals surface area contributed by atoms with Crippen LogP contribution < -0.4 is 16.0 Å². The average Bonchev–Trinajstić information content (AvgIpc) is 3.35. The molecule has 1 aromatic heterocycles. The van der Waals surface area contributed by atoms with Gasteiger partial charge in [0.05, 0.1) is 6.10 Å². The number of aliphatic hydroxyl groups excluding tert-OH is 1. The lowest BCUT2D eigenvalue weighted by Crippen LogP contribution is -2.57. The van der Waals surface area contributed by atoms with Gasteiger partial charge >= 0.3 is 0 Å². The van der Waals surface area contributed by atoms with Crippen molar-refractivity contribution in [2.75, 3.05) is 0 Å². The second-order valence-corrected chi connectivity index (χ2v) is 9.18. The topological polar surface area (TPSA) is 151 Å². The van der Waals surface area contributed by atoms with E-state index >= 15 is 0 Å². The molecule has 200 valence electrons. The quantitative estimate of drug-likeness (QED) is 0.267. The van der Waals surface area contributed by atoms with Gasteiger partial charge in [0.1, 0.15) is 24.1 Å². The van der Waals surface area contributed by atoms with Gasteiger partial charge in [0.15, 0.2) is 5.69 Å². The molecule has 0 saturated carbocycles. The van der Waals surface area contributed by atoms with Crippen molar-refractivity contribution < 1.29 is 28.8 Å². The van der Waals surface area contributed by atoms with Gasteiger partial charge in [-0.3, -0.25) is 19.2 Å². The van der Waals surface area contributed by atoms with E-state index in [0.29, 0.717) is 17.7 Å². The second-order valence-electron chi connectivity index (χ2n) is 9.18. The van der Waals surface area contributed by atoms with Crippen LogP contribution in [0.1, 0.15) is 56.6 Å². The summed E-state index contributed by atoms with van der Waals surface area (Å²) in [6.07, 6.45) is 0.177. The third-order valence-corrected chi connectivity index (χ3v) is 5.97. The molecule has 3 rings (SSSR count). The van der Waals surface area contributed by atoms with Crippen molar-refractivity contribution in [2.24, 2.45) is 0 Å². The Hall–Kier alpha value is -4.31. The summed E-state index contributed by atoms with van der Waals surface area (Å²) in [5.74, 6) is -1.41. The number of aldehydes is 1. The highest BCUT2D eigenvalue weighted by Gasteiger charge is 2.30. The molecule has 0 bridgehead atoms. The van der Waals surface area contributed by atoms with Crippen LogP contribution in [0.4, 0.5) is 0 Å². The molecule has 0 spiro atoms. The summed E-state index contributed by atoms with van der Waals surface area (Å²) in [5, 5.41) is 21.8. The van der Waals surface area contributed by atoms with Gasteiger partial charge in [-0.25, -0.2) is 0 Å². The van der Waals surface area contributed by atoms with Crippen LogP contribution in [-0.4, -0.2) is 52.5 Å². The molecule has 3 aromatic rings. The van der Waals surface area contributed by atoms with Gasteiger partial charge in [0, 0.05) is 18.2 Å². The van der Waals surface area contributed by atoms with E-state index in [1.165, 1.54) is 13.0 Å². The zero-order chi connectivity index (χ0) is 27.7. The molecule has 0 saturated heterocycles. The van der Waals surface area contributed by atoms with Gasteiger partial charge in [-0.2, -0.15) is 0 Å². The fourth-order valence-electron chi connectivity index (χ4n) is 3.72. The van der Waals surface area contributed by atoms with Crippen molar-refractivity contribution in [3.63, 3.8) is 0 Å². The van der Waals surface area contributed by atoms with Crippen LogP contribution in [0.5, 0.6) is 0 Å². The molecular formula is C28H32N4O6. The van der Waals surface area contributed by atoms with Crippen molar-refractivity contribution in [3.05, 3.63) is 88.3 Å². The van der Waals surface area contributed by atoms with Crippen LogP contribution in [0, 0.1) is 13.8 Å². The minimum Gasteiger partial charge on any atom is -0.391 e. The molecule has 2 aromatic carbocycles. The normalized spacial score (nSPS) is 13.2. The Bertz CT molecular complexity index is 1250. The van der Waals surface area contributed by atoms with Gasteiger partial charge in [-0.05, 0) is 44.7 Å². The molecule has 0 aliphatic carbocycles. The van der Waals surface area contributed by atoms with E-state index in [9.17, 15) is 24.3 Å². The third-order valence-electron chi connectivity index (χ3n) is 5.97. The Morgan fingerprint density at radius 3 is 2.21 bits per heavy atom. The SMILES string of the molecule is Cc1ccc(CNC(=O)C(CCc2ccc(C=O)cc2)NC(=O)C(NC(=O)c2cc(C)on2)C(C)O)cc1. The lowest BCUT2D eigenvalue weighted by Gasteiger charge is -2.24. The summed E-state index contributed by atoms with van der Waals surface area (Å²) in [6, 6.07) is 13.7. The van der Waals surface area contributed by atoms with Crippen molar-refractivity contribution in [3.8, 4) is 0 Å². The Balaban J connectivity index is 1.71. The van der Waals surface area contributed by atoms with Crippen LogP contribution in [0.15, 0.2) is 59.1 Å². The third kappa shape index (κ3) is 8.10. The summed E-state index contributed by atoms with van der Waals surface area (Å²) >= 11 is 0. The first-order valence-corrected chi connectivity index (χ1v) is 12.3. The summed E-state index contributed by atoms with van der Waals surface area (Å²) in [7, 11) is 0. The van der Waals surface area contributed by atoms with Crippen molar-refractivity contribution in [2.45, 2.75) is 58.3 Å². The number of benzene rings is 2. The molecule has 3 unspecified atom stereocenters. The number of rotatable bonds is 12. The predicted molar refractivity (Wildman–Crippen MR) is 139 cm³/mol. The number of nitrogens with one attached hydrogen (secondary N) is 3. The van der Waals surface area contributed by atoms with E-state index in [2.05, 4.69) is 21.1 Å². The second kappa shape index (κ2) is 13.3. The molecule has 0 fully saturated rings. The van der Waals surface area contributed by atoms with Crippen LogP contribution in [-0.2, 0) is 22.6 Å². The van der Waals surface area contributed by atoms with E-state index in [0.717, 1.165) is 23.0 Å². The van der Waals surface area contributed by atoms with E-state index in [-0.39, 0.29) is 18.7 Å². The Morgan fingerprint density at radius 1 is 0.974 bits per heavy atom. The molecule has 10 nitrogen and oxygen atoms in total.